The maximum Gasteiger partial charge on any atom is 0.0819 e. The second kappa shape index (κ2) is 7.28. The van der Waals surface area contributed by atoms with Crippen molar-refractivity contribution in [1.82, 2.24) is 4.90 Å². The first-order chi connectivity index (χ1) is 9.31. The van der Waals surface area contributed by atoms with E-state index in [-0.39, 0.29) is 6.10 Å². The Labute approximate surface area is 115 Å². The van der Waals surface area contributed by atoms with E-state index >= 15 is 0 Å². The van der Waals surface area contributed by atoms with Crippen molar-refractivity contribution >= 4 is 0 Å². The second-order valence-electron chi connectivity index (χ2n) is 5.30. The average Bonchev–Trinajstić information content (AvgIpc) is 2.48. The molecule has 1 aliphatic heterocycles. The molecule has 1 heterocycles. The van der Waals surface area contributed by atoms with Gasteiger partial charge >= 0.3 is 0 Å². The van der Waals surface area contributed by atoms with Gasteiger partial charge in [0.25, 0.3) is 0 Å². The normalized spacial score (nSPS) is 18.9. The standard InChI is InChI=1S/C16H22N2O/c17-10-4-5-11-18-12-8-15(9-13-18)16(19)14-6-2-1-3-7-14/h1-3,6-7,15-16,19H,4-5,8-9,11-13H2. The maximum absolute atomic E-state index is 10.4. The summed E-state index contributed by atoms with van der Waals surface area (Å²) in [5.41, 5.74) is 1.03. The molecule has 1 atom stereocenters. The number of rotatable bonds is 5. The van der Waals surface area contributed by atoms with Gasteiger partial charge in [-0.1, -0.05) is 30.3 Å². The fourth-order valence-electron chi connectivity index (χ4n) is 2.80. The summed E-state index contributed by atoms with van der Waals surface area (Å²) in [6, 6.07) is 12.1. The van der Waals surface area contributed by atoms with Gasteiger partial charge in [-0.3, -0.25) is 0 Å². The van der Waals surface area contributed by atoms with E-state index in [1.807, 2.05) is 30.3 Å². The van der Waals surface area contributed by atoms with Crippen LogP contribution in [0.4, 0.5) is 0 Å². The first-order valence-electron chi connectivity index (χ1n) is 7.13. The summed E-state index contributed by atoms with van der Waals surface area (Å²) in [7, 11) is 0. The predicted molar refractivity (Wildman–Crippen MR) is 75.4 cm³/mol. The Morgan fingerprint density at radius 2 is 1.95 bits per heavy atom. The molecule has 0 radical (unpaired) electrons. The summed E-state index contributed by atoms with van der Waals surface area (Å²) < 4.78 is 0. The molecule has 1 saturated heterocycles. The molecule has 1 N–H and O–H groups in total. The molecule has 0 aliphatic carbocycles. The first kappa shape index (κ1) is 14.0. The van der Waals surface area contributed by atoms with Crippen LogP contribution in [0.15, 0.2) is 30.3 Å². The van der Waals surface area contributed by atoms with Crippen LogP contribution in [0.2, 0.25) is 0 Å². The van der Waals surface area contributed by atoms with E-state index in [1.54, 1.807) is 0 Å². The monoisotopic (exact) mass is 258 g/mol. The van der Waals surface area contributed by atoms with Crippen molar-refractivity contribution in [2.24, 2.45) is 5.92 Å². The molecule has 0 bridgehead atoms. The number of hydrogen-bond acceptors (Lipinski definition) is 3. The molecule has 3 heteroatoms. The molecule has 1 aromatic rings. The largest absolute Gasteiger partial charge is 0.388 e. The highest BCUT2D eigenvalue weighted by Crippen LogP contribution is 2.30. The summed E-state index contributed by atoms with van der Waals surface area (Å²) >= 11 is 0. The molecule has 102 valence electrons. The van der Waals surface area contributed by atoms with E-state index < -0.39 is 0 Å². The Morgan fingerprint density at radius 3 is 2.58 bits per heavy atom. The number of nitriles is 1. The smallest absolute Gasteiger partial charge is 0.0819 e. The van der Waals surface area contributed by atoms with Crippen molar-refractivity contribution in [3.8, 4) is 6.07 Å². The van der Waals surface area contributed by atoms with Gasteiger partial charge in [-0.2, -0.15) is 5.26 Å². The molecule has 1 fully saturated rings. The van der Waals surface area contributed by atoms with Crippen LogP contribution in [0.25, 0.3) is 0 Å². The lowest BCUT2D eigenvalue weighted by Crippen LogP contribution is -2.36. The van der Waals surface area contributed by atoms with Gasteiger partial charge in [0.05, 0.1) is 12.2 Å². The zero-order valence-electron chi connectivity index (χ0n) is 11.3. The van der Waals surface area contributed by atoms with E-state index in [0.29, 0.717) is 12.3 Å². The Kier molecular flexibility index (Phi) is 5.38. The number of benzene rings is 1. The van der Waals surface area contributed by atoms with Crippen molar-refractivity contribution in [3.63, 3.8) is 0 Å². The van der Waals surface area contributed by atoms with Crippen molar-refractivity contribution in [3.05, 3.63) is 35.9 Å². The van der Waals surface area contributed by atoms with Crippen LogP contribution in [-0.4, -0.2) is 29.6 Å². The van der Waals surface area contributed by atoms with Crippen molar-refractivity contribution in [2.75, 3.05) is 19.6 Å². The van der Waals surface area contributed by atoms with Crippen molar-refractivity contribution < 1.29 is 5.11 Å². The number of likely N-dealkylation sites (tertiary alicyclic amines) is 1. The molecule has 0 saturated carbocycles. The van der Waals surface area contributed by atoms with E-state index in [2.05, 4.69) is 11.0 Å². The molecule has 1 unspecified atom stereocenters. The van der Waals surface area contributed by atoms with Crippen molar-refractivity contribution in [1.29, 1.82) is 5.26 Å². The number of unbranched alkanes of at least 4 members (excludes halogenated alkanes) is 1. The van der Waals surface area contributed by atoms with Gasteiger partial charge in [-0.05, 0) is 50.4 Å². The third-order valence-corrected chi connectivity index (χ3v) is 3.98. The van der Waals surface area contributed by atoms with Gasteiger partial charge in [0, 0.05) is 6.42 Å². The minimum Gasteiger partial charge on any atom is -0.388 e. The van der Waals surface area contributed by atoms with Crippen LogP contribution >= 0.6 is 0 Å². The lowest BCUT2D eigenvalue weighted by Gasteiger charge is -2.34. The van der Waals surface area contributed by atoms with E-state index in [4.69, 9.17) is 5.26 Å². The third-order valence-electron chi connectivity index (χ3n) is 3.98. The third kappa shape index (κ3) is 4.05. The fourth-order valence-corrected chi connectivity index (χ4v) is 2.80. The minimum atomic E-state index is -0.331. The zero-order valence-corrected chi connectivity index (χ0v) is 11.3. The van der Waals surface area contributed by atoms with Gasteiger partial charge in [0.15, 0.2) is 0 Å². The Balaban J connectivity index is 1.78. The second-order valence-corrected chi connectivity index (χ2v) is 5.30. The fraction of sp³-hybridized carbons (Fsp3) is 0.562. The number of piperidine rings is 1. The number of aliphatic hydroxyl groups excluding tert-OH is 1. The van der Waals surface area contributed by atoms with E-state index in [9.17, 15) is 5.11 Å². The van der Waals surface area contributed by atoms with Crippen LogP contribution in [0.5, 0.6) is 0 Å². The highest BCUT2D eigenvalue weighted by Gasteiger charge is 2.25. The van der Waals surface area contributed by atoms with Gasteiger partial charge in [-0.15, -0.1) is 0 Å². The number of nitrogens with zero attached hydrogens (tertiary/aromatic N) is 2. The highest BCUT2D eigenvalue weighted by atomic mass is 16.3. The summed E-state index contributed by atoms with van der Waals surface area (Å²) in [5, 5.41) is 18.9. The Bertz CT molecular complexity index is 405. The summed E-state index contributed by atoms with van der Waals surface area (Å²) in [6.45, 7) is 3.10. The van der Waals surface area contributed by atoms with Gasteiger partial charge < -0.3 is 10.0 Å². The minimum absolute atomic E-state index is 0.331. The molecule has 0 amide bonds. The highest BCUT2D eigenvalue weighted by molar-refractivity contribution is 5.18. The zero-order chi connectivity index (χ0) is 13.5. The number of hydrogen-bond donors (Lipinski definition) is 1. The Hall–Kier alpha value is -1.37. The topological polar surface area (TPSA) is 47.3 Å². The van der Waals surface area contributed by atoms with Crippen LogP contribution in [0.1, 0.15) is 37.4 Å². The molecule has 0 aromatic heterocycles. The lowest BCUT2D eigenvalue weighted by atomic mass is 9.87. The van der Waals surface area contributed by atoms with Gasteiger partial charge in [0.1, 0.15) is 0 Å². The molecule has 2 rings (SSSR count). The van der Waals surface area contributed by atoms with Gasteiger partial charge in [0.2, 0.25) is 0 Å². The molecular formula is C16H22N2O. The Morgan fingerprint density at radius 1 is 1.26 bits per heavy atom. The SMILES string of the molecule is N#CCCCN1CCC(C(O)c2ccccc2)CC1. The maximum atomic E-state index is 10.4. The molecular weight excluding hydrogens is 236 g/mol. The predicted octanol–water partition coefficient (Wildman–Crippen LogP) is 2.74. The molecule has 3 nitrogen and oxygen atoms in total. The van der Waals surface area contributed by atoms with E-state index in [0.717, 1.165) is 44.5 Å². The quantitative estimate of drug-likeness (QED) is 0.826. The van der Waals surface area contributed by atoms with Crippen LogP contribution < -0.4 is 0 Å². The summed E-state index contributed by atoms with van der Waals surface area (Å²) in [5.74, 6) is 0.370. The summed E-state index contributed by atoms with van der Waals surface area (Å²) in [4.78, 5) is 2.41. The van der Waals surface area contributed by atoms with Gasteiger partial charge in [-0.25, -0.2) is 0 Å². The lowest BCUT2D eigenvalue weighted by molar-refractivity contribution is 0.0587. The van der Waals surface area contributed by atoms with Crippen LogP contribution in [-0.2, 0) is 0 Å². The summed E-state index contributed by atoms with van der Waals surface area (Å²) in [6.07, 6.45) is 3.36. The molecule has 0 spiro atoms. The van der Waals surface area contributed by atoms with Crippen molar-refractivity contribution in [2.45, 2.75) is 31.8 Å². The van der Waals surface area contributed by atoms with E-state index in [1.165, 1.54) is 0 Å². The molecule has 19 heavy (non-hydrogen) atoms. The first-order valence-corrected chi connectivity index (χ1v) is 7.13. The molecule has 1 aliphatic rings. The van der Waals surface area contributed by atoms with Crippen LogP contribution in [0.3, 0.4) is 0 Å². The molecule has 1 aromatic carbocycles. The van der Waals surface area contributed by atoms with Crippen LogP contribution in [0, 0.1) is 17.2 Å². The number of aliphatic hydroxyl groups is 1. The average molecular weight is 258 g/mol.